The molecule has 1 aromatic heterocycles. The van der Waals surface area contributed by atoms with Crippen molar-refractivity contribution in [3.05, 3.63) is 75.2 Å². The number of hydrogen-bond acceptors (Lipinski definition) is 4. The topological polar surface area (TPSA) is 51.2 Å². The van der Waals surface area contributed by atoms with Crippen LogP contribution < -0.4 is 10.1 Å². The van der Waals surface area contributed by atoms with Crippen LogP contribution in [0.4, 0.5) is 5.69 Å². The van der Waals surface area contributed by atoms with E-state index in [0.29, 0.717) is 49.2 Å². The van der Waals surface area contributed by atoms with Crippen LogP contribution in [0.3, 0.4) is 0 Å². The number of anilines is 1. The van der Waals surface area contributed by atoms with Gasteiger partial charge >= 0.3 is 0 Å². The largest absolute Gasteiger partial charge is 0.492 e. The number of thiazole rings is 1. The lowest BCUT2D eigenvalue weighted by Crippen LogP contribution is -2.13. The van der Waals surface area contributed by atoms with Gasteiger partial charge in [0.25, 0.3) is 5.91 Å². The van der Waals surface area contributed by atoms with Crippen LogP contribution in [0.1, 0.15) is 17.3 Å². The molecule has 0 fully saturated rings. The van der Waals surface area contributed by atoms with Gasteiger partial charge in [0.05, 0.1) is 32.6 Å². The van der Waals surface area contributed by atoms with Crippen molar-refractivity contribution in [3.63, 3.8) is 0 Å². The number of para-hydroxylation sites is 1. The van der Waals surface area contributed by atoms with Crippen molar-refractivity contribution in [2.45, 2.75) is 6.92 Å². The van der Waals surface area contributed by atoms with Gasteiger partial charge in [-0.05, 0) is 49.4 Å². The molecule has 0 unspecified atom stereocenters. The van der Waals surface area contributed by atoms with E-state index in [4.69, 9.17) is 39.5 Å². The summed E-state index contributed by atoms with van der Waals surface area (Å²) in [7, 11) is 0. The number of nitrogens with zero attached hydrogens (tertiary/aromatic N) is 1. The minimum absolute atomic E-state index is 0.321. The molecular weight excluding hydrogens is 463 g/mol. The first kappa shape index (κ1) is 20.9. The van der Waals surface area contributed by atoms with Gasteiger partial charge in [0.2, 0.25) is 0 Å². The minimum Gasteiger partial charge on any atom is -0.492 e. The van der Waals surface area contributed by atoms with Crippen LogP contribution in [0.25, 0.3) is 20.8 Å². The Kier molecular flexibility index (Phi) is 6.16. The summed E-state index contributed by atoms with van der Waals surface area (Å²) >= 11 is 20.4. The Labute approximate surface area is 192 Å². The van der Waals surface area contributed by atoms with Crippen molar-refractivity contribution in [2.24, 2.45) is 0 Å². The molecule has 4 aromatic rings. The molecule has 0 saturated carbocycles. The standard InChI is InChI=1S/C22H15Cl3N2O2S/c1-2-29-18-8-7-12(9-15(18)24)21(28)27-20-14(10-13(23)11-16(20)25)22-26-17-5-3-4-6-19(17)30-22/h3-11H,2H2,1H3,(H,27,28). The number of fused-ring (bicyclic) bond motifs is 1. The number of rotatable bonds is 5. The highest BCUT2D eigenvalue weighted by atomic mass is 35.5. The highest BCUT2D eigenvalue weighted by molar-refractivity contribution is 7.21. The van der Waals surface area contributed by atoms with E-state index in [-0.39, 0.29) is 5.91 Å². The average Bonchev–Trinajstić information content (AvgIpc) is 3.15. The Morgan fingerprint density at radius 2 is 1.87 bits per heavy atom. The zero-order valence-corrected chi connectivity index (χ0v) is 18.8. The molecule has 4 rings (SSSR count). The molecule has 0 spiro atoms. The fourth-order valence-electron chi connectivity index (χ4n) is 2.96. The van der Waals surface area contributed by atoms with Gasteiger partial charge < -0.3 is 10.1 Å². The maximum atomic E-state index is 12.9. The molecule has 0 bridgehead atoms. The van der Waals surface area contributed by atoms with Gasteiger partial charge in [0.1, 0.15) is 10.8 Å². The first-order valence-electron chi connectivity index (χ1n) is 9.05. The monoisotopic (exact) mass is 476 g/mol. The Balaban J connectivity index is 1.72. The molecule has 1 amide bonds. The summed E-state index contributed by atoms with van der Waals surface area (Å²) in [6, 6.07) is 16.0. The fourth-order valence-corrected chi connectivity index (χ4v) is 4.72. The highest BCUT2D eigenvalue weighted by Gasteiger charge is 2.18. The first-order chi connectivity index (χ1) is 14.5. The van der Waals surface area contributed by atoms with Crippen LogP contribution in [0.5, 0.6) is 5.75 Å². The maximum absolute atomic E-state index is 12.9. The van der Waals surface area contributed by atoms with E-state index in [1.54, 1.807) is 30.3 Å². The van der Waals surface area contributed by atoms with Crippen molar-refractivity contribution in [3.8, 4) is 16.3 Å². The molecule has 0 atom stereocenters. The molecule has 0 aliphatic carbocycles. The van der Waals surface area contributed by atoms with E-state index in [0.717, 1.165) is 10.2 Å². The molecule has 152 valence electrons. The van der Waals surface area contributed by atoms with Crippen molar-refractivity contribution in [1.29, 1.82) is 0 Å². The number of aromatic nitrogens is 1. The Morgan fingerprint density at radius 3 is 2.60 bits per heavy atom. The summed E-state index contributed by atoms with van der Waals surface area (Å²) in [5.74, 6) is 0.168. The summed E-state index contributed by atoms with van der Waals surface area (Å²) in [6.07, 6.45) is 0. The van der Waals surface area contributed by atoms with Gasteiger partial charge in [-0.2, -0.15) is 0 Å². The molecule has 0 aliphatic rings. The predicted octanol–water partition coefficient (Wildman–Crippen LogP) is 7.57. The molecule has 0 aliphatic heterocycles. The number of hydrogen-bond donors (Lipinski definition) is 1. The van der Waals surface area contributed by atoms with Crippen LogP contribution in [-0.4, -0.2) is 17.5 Å². The van der Waals surface area contributed by atoms with Gasteiger partial charge in [-0.25, -0.2) is 4.98 Å². The third-order valence-electron chi connectivity index (χ3n) is 4.31. The third kappa shape index (κ3) is 4.25. The minimum atomic E-state index is -0.355. The van der Waals surface area contributed by atoms with E-state index in [9.17, 15) is 4.79 Å². The van der Waals surface area contributed by atoms with Crippen molar-refractivity contribution < 1.29 is 9.53 Å². The quantitative estimate of drug-likeness (QED) is 0.322. The van der Waals surface area contributed by atoms with Gasteiger partial charge in [-0.15, -0.1) is 11.3 Å². The third-order valence-corrected chi connectivity index (χ3v) is 6.19. The fraction of sp³-hybridized carbons (Fsp3) is 0.0909. The second-order valence-electron chi connectivity index (χ2n) is 6.33. The lowest BCUT2D eigenvalue weighted by atomic mass is 10.1. The number of carbonyl (C=O) groups is 1. The number of ether oxygens (including phenoxy) is 1. The summed E-state index contributed by atoms with van der Waals surface area (Å²) < 4.78 is 6.45. The molecule has 4 nitrogen and oxygen atoms in total. The molecule has 1 heterocycles. The van der Waals surface area contributed by atoms with Gasteiger partial charge in [0.15, 0.2) is 0 Å². The summed E-state index contributed by atoms with van der Waals surface area (Å²) in [5, 5.41) is 4.73. The molecular formula is C22H15Cl3N2O2S. The molecule has 8 heteroatoms. The number of nitrogens with one attached hydrogen (secondary N) is 1. The Morgan fingerprint density at radius 1 is 1.07 bits per heavy atom. The number of carbonyl (C=O) groups excluding carboxylic acids is 1. The van der Waals surface area contributed by atoms with Crippen LogP contribution in [0.15, 0.2) is 54.6 Å². The van der Waals surface area contributed by atoms with Gasteiger partial charge in [-0.3, -0.25) is 4.79 Å². The molecule has 0 saturated heterocycles. The van der Waals surface area contributed by atoms with Crippen molar-refractivity contribution in [2.75, 3.05) is 11.9 Å². The van der Waals surface area contributed by atoms with Crippen LogP contribution in [0, 0.1) is 0 Å². The lowest BCUT2D eigenvalue weighted by molar-refractivity contribution is 0.102. The zero-order chi connectivity index (χ0) is 21.3. The second-order valence-corrected chi connectivity index (χ2v) is 8.61. The first-order valence-corrected chi connectivity index (χ1v) is 11.0. The molecule has 3 aromatic carbocycles. The van der Waals surface area contributed by atoms with Crippen LogP contribution >= 0.6 is 46.1 Å². The Bertz CT molecular complexity index is 1220. The molecule has 0 radical (unpaired) electrons. The van der Waals surface area contributed by atoms with E-state index < -0.39 is 0 Å². The lowest BCUT2D eigenvalue weighted by Gasteiger charge is -2.13. The number of halogens is 3. The SMILES string of the molecule is CCOc1ccc(C(=O)Nc2c(Cl)cc(Cl)cc2-c2nc3ccccc3s2)cc1Cl. The normalized spacial score (nSPS) is 10.9. The van der Waals surface area contributed by atoms with Crippen LogP contribution in [-0.2, 0) is 0 Å². The predicted molar refractivity (Wildman–Crippen MR) is 126 cm³/mol. The smallest absolute Gasteiger partial charge is 0.255 e. The Hall–Kier alpha value is -2.31. The van der Waals surface area contributed by atoms with E-state index >= 15 is 0 Å². The van der Waals surface area contributed by atoms with Gasteiger partial charge in [0, 0.05) is 16.1 Å². The summed E-state index contributed by atoms with van der Waals surface area (Å²) in [4.78, 5) is 17.6. The second kappa shape index (κ2) is 8.82. The number of benzene rings is 3. The molecule has 30 heavy (non-hydrogen) atoms. The van der Waals surface area contributed by atoms with E-state index in [1.165, 1.54) is 11.3 Å². The average molecular weight is 478 g/mol. The van der Waals surface area contributed by atoms with Crippen molar-refractivity contribution >= 4 is 68.0 Å². The van der Waals surface area contributed by atoms with Gasteiger partial charge in [-0.1, -0.05) is 46.9 Å². The summed E-state index contributed by atoms with van der Waals surface area (Å²) in [6.45, 7) is 2.35. The highest BCUT2D eigenvalue weighted by Crippen LogP contribution is 2.40. The van der Waals surface area contributed by atoms with E-state index in [2.05, 4.69) is 10.3 Å². The van der Waals surface area contributed by atoms with E-state index in [1.807, 2.05) is 31.2 Å². The summed E-state index contributed by atoms with van der Waals surface area (Å²) in [5.41, 5.74) is 2.34. The maximum Gasteiger partial charge on any atom is 0.255 e. The van der Waals surface area contributed by atoms with Crippen LogP contribution in [0.2, 0.25) is 15.1 Å². The molecule has 1 N–H and O–H groups in total. The van der Waals surface area contributed by atoms with Crippen molar-refractivity contribution in [1.82, 2.24) is 4.98 Å². The number of amides is 1. The zero-order valence-electron chi connectivity index (χ0n) is 15.7.